The third-order valence-corrected chi connectivity index (χ3v) is 2.82. The Kier molecular flexibility index (Phi) is 6.01. The van der Waals surface area contributed by atoms with Crippen molar-refractivity contribution < 1.29 is 9.29 Å². The standard InChI is InChI=1S/C13H20FN3S/c1-10-5-6-11(9-12(10)14)16-13(18)15-7-4-8-17(2)3/h5-6,9H,4,7-8H2,1-3H3,(H2,15,16,18)/p+1. The average molecular weight is 270 g/mol. The summed E-state index contributed by atoms with van der Waals surface area (Å²) in [4.78, 5) is 1.41. The second kappa shape index (κ2) is 7.28. The number of anilines is 1. The van der Waals surface area contributed by atoms with Gasteiger partial charge in [0.25, 0.3) is 0 Å². The van der Waals surface area contributed by atoms with Gasteiger partial charge in [0.15, 0.2) is 5.11 Å². The molecule has 1 aromatic rings. The van der Waals surface area contributed by atoms with Crippen LogP contribution in [0.4, 0.5) is 10.1 Å². The fourth-order valence-electron chi connectivity index (χ4n) is 1.49. The first kappa shape index (κ1) is 14.9. The maximum Gasteiger partial charge on any atom is 0.170 e. The topological polar surface area (TPSA) is 28.5 Å². The van der Waals surface area contributed by atoms with Gasteiger partial charge in [-0.05, 0) is 36.8 Å². The van der Waals surface area contributed by atoms with E-state index in [4.69, 9.17) is 12.2 Å². The maximum absolute atomic E-state index is 13.3. The van der Waals surface area contributed by atoms with Gasteiger partial charge in [0.05, 0.1) is 20.6 Å². The van der Waals surface area contributed by atoms with E-state index < -0.39 is 0 Å². The molecule has 0 fully saturated rings. The van der Waals surface area contributed by atoms with Crippen molar-refractivity contribution in [3.63, 3.8) is 0 Å². The highest BCUT2D eigenvalue weighted by Gasteiger charge is 2.01. The van der Waals surface area contributed by atoms with Crippen LogP contribution in [0, 0.1) is 12.7 Å². The van der Waals surface area contributed by atoms with E-state index in [-0.39, 0.29) is 5.82 Å². The normalized spacial score (nSPS) is 10.5. The molecular formula is C13H21FN3S+. The van der Waals surface area contributed by atoms with Crippen LogP contribution in [-0.4, -0.2) is 32.3 Å². The number of nitrogens with one attached hydrogen (secondary N) is 3. The monoisotopic (exact) mass is 270 g/mol. The Bertz CT molecular complexity index is 407. The predicted octanol–water partition coefficient (Wildman–Crippen LogP) is 0.955. The van der Waals surface area contributed by atoms with Crippen LogP contribution in [0.15, 0.2) is 18.2 Å². The lowest BCUT2D eigenvalue weighted by Gasteiger charge is -2.12. The summed E-state index contributed by atoms with van der Waals surface area (Å²) in [5, 5.41) is 6.61. The zero-order chi connectivity index (χ0) is 13.5. The first-order valence-electron chi connectivity index (χ1n) is 6.09. The molecule has 0 spiro atoms. The van der Waals surface area contributed by atoms with Crippen LogP contribution in [0.25, 0.3) is 0 Å². The maximum atomic E-state index is 13.3. The molecule has 0 aliphatic carbocycles. The van der Waals surface area contributed by atoms with Crippen molar-refractivity contribution in [3.8, 4) is 0 Å². The molecule has 1 aromatic carbocycles. The smallest absolute Gasteiger partial charge is 0.170 e. The van der Waals surface area contributed by atoms with E-state index in [1.165, 1.54) is 11.0 Å². The quantitative estimate of drug-likeness (QED) is 0.550. The Hall–Kier alpha value is -1.20. The summed E-state index contributed by atoms with van der Waals surface area (Å²) in [5.74, 6) is -0.223. The molecule has 0 aliphatic rings. The van der Waals surface area contributed by atoms with Gasteiger partial charge in [0.2, 0.25) is 0 Å². The summed E-state index contributed by atoms with van der Waals surface area (Å²) in [6.45, 7) is 3.65. The van der Waals surface area contributed by atoms with Crippen LogP contribution < -0.4 is 15.5 Å². The fraction of sp³-hybridized carbons (Fsp3) is 0.462. The molecule has 0 amide bonds. The SMILES string of the molecule is Cc1ccc(NC(=S)NCCC[NH+](C)C)cc1F. The summed E-state index contributed by atoms with van der Waals surface area (Å²) in [6, 6.07) is 5.00. The lowest BCUT2D eigenvalue weighted by Crippen LogP contribution is -3.05. The van der Waals surface area contributed by atoms with Crippen molar-refractivity contribution >= 4 is 23.0 Å². The van der Waals surface area contributed by atoms with Crippen molar-refractivity contribution in [1.29, 1.82) is 0 Å². The molecule has 0 atom stereocenters. The minimum Gasteiger partial charge on any atom is -0.362 e. The molecule has 5 heteroatoms. The fourth-order valence-corrected chi connectivity index (χ4v) is 1.71. The van der Waals surface area contributed by atoms with Crippen molar-refractivity contribution in [2.75, 3.05) is 32.5 Å². The second-order valence-electron chi connectivity index (χ2n) is 4.66. The molecule has 1 rings (SSSR count). The highest BCUT2D eigenvalue weighted by atomic mass is 32.1. The second-order valence-corrected chi connectivity index (χ2v) is 5.06. The molecule has 0 heterocycles. The van der Waals surface area contributed by atoms with Gasteiger partial charge in [-0.3, -0.25) is 0 Å². The minimum absolute atomic E-state index is 0.223. The largest absolute Gasteiger partial charge is 0.362 e. The van der Waals surface area contributed by atoms with Gasteiger partial charge in [-0.2, -0.15) is 0 Å². The summed E-state index contributed by atoms with van der Waals surface area (Å²) in [6.07, 6.45) is 1.05. The van der Waals surface area contributed by atoms with E-state index in [0.717, 1.165) is 19.5 Å². The minimum atomic E-state index is -0.223. The molecule has 0 saturated carbocycles. The lowest BCUT2D eigenvalue weighted by atomic mass is 10.2. The van der Waals surface area contributed by atoms with Crippen LogP contribution in [0.3, 0.4) is 0 Å². The number of quaternary nitrogens is 1. The first-order chi connectivity index (χ1) is 8.49. The Labute approximate surface area is 113 Å². The van der Waals surface area contributed by atoms with Crippen molar-refractivity contribution in [1.82, 2.24) is 5.32 Å². The first-order valence-corrected chi connectivity index (χ1v) is 6.50. The number of benzene rings is 1. The van der Waals surface area contributed by atoms with Gasteiger partial charge in [-0.15, -0.1) is 0 Å². The van der Waals surface area contributed by atoms with Crippen molar-refractivity contribution in [2.45, 2.75) is 13.3 Å². The summed E-state index contributed by atoms with van der Waals surface area (Å²) in [7, 11) is 4.23. The van der Waals surface area contributed by atoms with E-state index in [2.05, 4.69) is 24.7 Å². The third kappa shape index (κ3) is 5.42. The van der Waals surface area contributed by atoms with Gasteiger partial charge in [0.1, 0.15) is 5.82 Å². The predicted molar refractivity (Wildman–Crippen MR) is 77.7 cm³/mol. The van der Waals surface area contributed by atoms with E-state index in [1.807, 2.05) is 6.07 Å². The van der Waals surface area contributed by atoms with Gasteiger partial charge < -0.3 is 15.5 Å². The van der Waals surface area contributed by atoms with Gasteiger partial charge in [-0.25, -0.2) is 4.39 Å². The van der Waals surface area contributed by atoms with Crippen molar-refractivity contribution in [3.05, 3.63) is 29.6 Å². The number of hydrogen-bond donors (Lipinski definition) is 3. The van der Waals surface area contributed by atoms with Gasteiger partial charge in [-0.1, -0.05) is 6.07 Å². The van der Waals surface area contributed by atoms with Crippen LogP contribution in [-0.2, 0) is 0 Å². The van der Waals surface area contributed by atoms with E-state index in [9.17, 15) is 4.39 Å². The molecule has 0 radical (unpaired) electrons. The van der Waals surface area contributed by atoms with E-state index >= 15 is 0 Å². The molecular weight excluding hydrogens is 249 g/mol. The molecule has 3 N–H and O–H groups in total. The summed E-state index contributed by atoms with van der Waals surface area (Å²) < 4.78 is 13.3. The zero-order valence-corrected chi connectivity index (χ0v) is 12.0. The molecule has 0 aromatic heterocycles. The summed E-state index contributed by atoms with van der Waals surface area (Å²) in [5.41, 5.74) is 1.31. The molecule has 0 saturated heterocycles. The molecule has 0 bridgehead atoms. The molecule has 0 aliphatic heterocycles. The van der Waals surface area contributed by atoms with Gasteiger partial charge in [0, 0.05) is 18.7 Å². The molecule has 18 heavy (non-hydrogen) atoms. The Balaban J connectivity index is 2.33. The molecule has 0 unspecified atom stereocenters. The molecule has 3 nitrogen and oxygen atoms in total. The number of thiocarbonyl (C=S) groups is 1. The Morgan fingerprint density at radius 2 is 2.11 bits per heavy atom. The average Bonchev–Trinajstić information content (AvgIpc) is 2.29. The zero-order valence-electron chi connectivity index (χ0n) is 11.1. The number of rotatable bonds is 5. The highest BCUT2D eigenvalue weighted by Crippen LogP contribution is 2.13. The highest BCUT2D eigenvalue weighted by molar-refractivity contribution is 7.80. The van der Waals surface area contributed by atoms with E-state index in [1.54, 1.807) is 13.0 Å². The molecule has 100 valence electrons. The number of hydrogen-bond acceptors (Lipinski definition) is 1. The Morgan fingerprint density at radius 1 is 1.39 bits per heavy atom. The number of aryl methyl sites for hydroxylation is 1. The summed E-state index contributed by atoms with van der Waals surface area (Å²) >= 11 is 5.14. The van der Waals surface area contributed by atoms with Crippen LogP contribution in [0.5, 0.6) is 0 Å². The van der Waals surface area contributed by atoms with Gasteiger partial charge >= 0.3 is 0 Å². The van der Waals surface area contributed by atoms with Crippen LogP contribution >= 0.6 is 12.2 Å². The number of halogens is 1. The third-order valence-electron chi connectivity index (χ3n) is 2.57. The van der Waals surface area contributed by atoms with E-state index in [0.29, 0.717) is 16.4 Å². The van der Waals surface area contributed by atoms with Crippen LogP contribution in [0.2, 0.25) is 0 Å². The Morgan fingerprint density at radius 3 is 2.72 bits per heavy atom. The van der Waals surface area contributed by atoms with Crippen molar-refractivity contribution in [2.24, 2.45) is 0 Å². The van der Waals surface area contributed by atoms with Crippen LogP contribution in [0.1, 0.15) is 12.0 Å². The lowest BCUT2D eigenvalue weighted by molar-refractivity contribution is -0.858.